The Morgan fingerprint density at radius 1 is 1.06 bits per heavy atom. The number of benzene rings is 1. The average Bonchev–Trinajstić information content (AvgIpc) is 2.40. The third-order valence-electron chi connectivity index (χ3n) is 4.48. The molecule has 0 saturated carbocycles. The largest absolute Gasteiger partial charge is 0.0873 e. The molecule has 0 unspecified atom stereocenters. The van der Waals surface area contributed by atoms with Gasteiger partial charge in [0.1, 0.15) is 0 Å². The molecule has 1 aromatic carbocycles. The second-order valence-electron chi connectivity index (χ2n) is 5.83. The smallest absolute Gasteiger partial charge is 0.0853 e. The summed E-state index contributed by atoms with van der Waals surface area (Å²) in [6, 6.07) is 11.1. The molecule has 0 heterocycles. The minimum absolute atomic E-state index is 0.783. The second-order valence-corrected chi connectivity index (χ2v) is 10.7. The lowest BCUT2D eigenvalue weighted by Crippen LogP contribution is -2.45. The molecule has 2 rings (SSSR count). The van der Waals surface area contributed by atoms with Gasteiger partial charge in [0, 0.05) is 0 Å². The molecule has 17 heavy (non-hydrogen) atoms. The Kier molecular flexibility index (Phi) is 3.88. The van der Waals surface area contributed by atoms with Crippen LogP contribution in [-0.2, 0) is 0 Å². The van der Waals surface area contributed by atoms with E-state index in [9.17, 15) is 0 Å². The van der Waals surface area contributed by atoms with E-state index in [4.69, 9.17) is 0 Å². The Morgan fingerprint density at radius 3 is 2.35 bits per heavy atom. The topological polar surface area (TPSA) is 0 Å². The summed E-state index contributed by atoms with van der Waals surface area (Å²) in [6.07, 6.45) is 7.95. The summed E-state index contributed by atoms with van der Waals surface area (Å²) in [4.78, 5) is 0. The molecule has 92 valence electrons. The molecule has 1 heteroatoms. The van der Waals surface area contributed by atoms with Crippen LogP contribution in [0, 0.1) is 0 Å². The molecule has 0 radical (unpaired) electrons. The van der Waals surface area contributed by atoms with Crippen molar-refractivity contribution in [3.63, 3.8) is 0 Å². The van der Waals surface area contributed by atoms with E-state index in [1.54, 1.807) is 10.8 Å². The van der Waals surface area contributed by atoms with Crippen LogP contribution in [0.1, 0.15) is 32.6 Å². The van der Waals surface area contributed by atoms with Gasteiger partial charge >= 0.3 is 0 Å². The molecule has 0 amide bonds. The Bertz CT molecular complexity index is 389. The second kappa shape index (κ2) is 5.22. The van der Waals surface area contributed by atoms with E-state index >= 15 is 0 Å². The summed E-state index contributed by atoms with van der Waals surface area (Å²) >= 11 is 0. The molecule has 1 aliphatic carbocycles. The van der Waals surface area contributed by atoms with Crippen LogP contribution in [0.5, 0.6) is 0 Å². The van der Waals surface area contributed by atoms with Crippen LogP contribution in [0.4, 0.5) is 0 Å². The molecule has 1 aromatic rings. The van der Waals surface area contributed by atoms with Gasteiger partial charge in [0.2, 0.25) is 0 Å². The van der Waals surface area contributed by atoms with Gasteiger partial charge in [0.05, 0.1) is 8.07 Å². The molecular formula is C16H24Si. The SMILES string of the molecule is C[C@H](C1=CCCCC1)[Si](C)(C)c1ccccc1. The van der Waals surface area contributed by atoms with E-state index in [0.717, 1.165) is 5.54 Å². The van der Waals surface area contributed by atoms with Gasteiger partial charge in [-0.1, -0.05) is 67.2 Å². The maximum Gasteiger partial charge on any atom is 0.0873 e. The molecule has 1 atom stereocenters. The van der Waals surface area contributed by atoms with E-state index in [1.807, 2.05) is 0 Å². The van der Waals surface area contributed by atoms with Crippen molar-refractivity contribution in [3.05, 3.63) is 42.0 Å². The highest BCUT2D eigenvalue weighted by molar-refractivity contribution is 6.91. The first-order valence-electron chi connectivity index (χ1n) is 6.87. The lowest BCUT2D eigenvalue weighted by Gasteiger charge is -2.33. The number of hydrogen-bond acceptors (Lipinski definition) is 0. The van der Waals surface area contributed by atoms with Gasteiger partial charge in [-0.15, -0.1) is 0 Å². The van der Waals surface area contributed by atoms with Crippen molar-refractivity contribution in [1.29, 1.82) is 0 Å². The zero-order valence-corrected chi connectivity index (χ0v) is 12.4. The highest BCUT2D eigenvalue weighted by atomic mass is 28.3. The van der Waals surface area contributed by atoms with Gasteiger partial charge in [0.15, 0.2) is 0 Å². The fraction of sp³-hybridized carbons (Fsp3) is 0.500. The summed E-state index contributed by atoms with van der Waals surface area (Å²) in [7, 11) is -1.34. The molecular weight excluding hydrogens is 220 g/mol. The predicted octanol–water partition coefficient (Wildman–Crippen LogP) is 4.49. The van der Waals surface area contributed by atoms with Crippen LogP contribution in [0.15, 0.2) is 42.0 Å². The van der Waals surface area contributed by atoms with E-state index in [-0.39, 0.29) is 0 Å². The molecule has 0 spiro atoms. The number of rotatable bonds is 3. The normalized spacial score (nSPS) is 18.6. The average molecular weight is 244 g/mol. The third-order valence-corrected chi connectivity index (χ3v) is 8.84. The lowest BCUT2D eigenvalue weighted by atomic mass is 9.97. The molecule has 0 fully saturated rings. The first-order chi connectivity index (χ1) is 8.12. The van der Waals surface area contributed by atoms with Crippen molar-refractivity contribution in [2.24, 2.45) is 0 Å². The molecule has 0 aromatic heterocycles. The molecule has 0 aliphatic heterocycles. The van der Waals surface area contributed by atoms with Crippen molar-refractivity contribution < 1.29 is 0 Å². The quantitative estimate of drug-likeness (QED) is 0.543. The maximum atomic E-state index is 2.52. The van der Waals surface area contributed by atoms with Crippen LogP contribution in [0.25, 0.3) is 0 Å². The molecule has 0 bridgehead atoms. The maximum absolute atomic E-state index is 2.52. The summed E-state index contributed by atoms with van der Waals surface area (Å²) in [5.41, 5.74) is 2.52. The van der Waals surface area contributed by atoms with E-state index in [1.165, 1.54) is 25.7 Å². The number of allylic oxidation sites excluding steroid dienone is 2. The van der Waals surface area contributed by atoms with E-state index < -0.39 is 8.07 Å². The highest BCUT2D eigenvalue weighted by Gasteiger charge is 2.32. The van der Waals surface area contributed by atoms with Crippen LogP contribution in [-0.4, -0.2) is 8.07 Å². The van der Waals surface area contributed by atoms with Crippen LogP contribution in [0.2, 0.25) is 18.6 Å². The van der Waals surface area contributed by atoms with Gasteiger partial charge in [-0.25, -0.2) is 0 Å². The van der Waals surface area contributed by atoms with Crippen LogP contribution < -0.4 is 5.19 Å². The Balaban J connectivity index is 2.23. The summed E-state index contributed by atoms with van der Waals surface area (Å²) in [5, 5.41) is 1.60. The number of hydrogen-bond donors (Lipinski definition) is 0. The molecule has 1 aliphatic rings. The first-order valence-corrected chi connectivity index (χ1v) is 9.94. The highest BCUT2D eigenvalue weighted by Crippen LogP contribution is 2.34. The molecule has 0 N–H and O–H groups in total. The van der Waals surface area contributed by atoms with Crippen molar-refractivity contribution in [3.8, 4) is 0 Å². The van der Waals surface area contributed by atoms with Crippen molar-refractivity contribution in [1.82, 2.24) is 0 Å². The van der Waals surface area contributed by atoms with Gasteiger partial charge in [-0.05, 0) is 31.2 Å². The van der Waals surface area contributed by atoms with Gasteiger partial charge in [0.25, 0.3) is 0 Å². The standard InChI is InChI=1S/C16H24Si/c1-14(15-10-6-4-7-11-15)17(2,3)16-12-8-5-9-13-16/h5,8-10,12-14H,4,6-7,11H2,1-3H3/t14-/m1/s1. The summed E-state index contributed by atoms with van der Waals surface area (Å²) in [5.74, 6) is 0. The van der Waals surface area contributed by atoms with Crippen molar-refractivity contribution >= 4 is 13.3 Å². The van der Waals surface area contributed by atoms with E-state index in [0.29, 0.717) is 0 Å². The van der Waals surface area contributed by atoms with Crippen molar-refractivity contribution in [2.45, 2.75) is 51.2 Å². The van der Waals surface area contributed by atoms with Gasteiger partial charge in [-0.2, -0.15) is 0 Å². The minimum atomic E-state index is -1.34. The Labute approximate surface area is 107 Å². The first kappa shape index (κ1) is 12.6. The van der Waals surface area contributed by atoms with Gasteiger partial charge in [-0.3, -0.25) is 0 Å². The monoisotopic (exact) mass is 244 g/mol. The Morgan fingerprint density at radius 2 is 1.76 bits per heavy atom. The Hall–Kier alpha value is -0.823. The van der Waals surface area contributed by atoms with Gasteiger partial charge < -0.3 is 0 Å². The van der Waals surface area contributed by atoms with Crippen molar-refractivity contribution in [2.75, 3.05) is 0 Å². The fourth-order valence-electron chi connectivity index (χ4n) is 2.84. The molecule has 0 nitrogen and oxygen atoms in total. The summed E-state index contributed by atoms with van der Waals surface area (Å²) in [6.45, 7) is 7.49. The zero-order chi connectivity index (χ0) is 12.3. The third kappa shape index (κ3) is 2.71. The van der Waals surface area contributed by atoms with E-state index in [2.05, 4.69) is 56.4 Å². The zero-order valence-electron chi connectivity index (χ0n) is 11.4. The van der Waals surface area contributed by atoms with Crippen LogP contribution in [0.3, 0.4) is 0 Å². The predicted molar refractivity (Wildman–Crippen MR) is 79.5 cm³/mol. The lowest BCUT2D eigenvalue weighted by molar-refractivity contribution is 0.680. The molecule has 0 saturated heterocycles. The fourth-order valence-corrected chi connectivity index (χ4v) is 5.58. The summed E-state index contributed by atoms with van der Waals surface area (Å²) < 4.78 is 0. The van der Waals surface area contributed by atoms with Crippen LogP contribution >= 0.6 is 0 Å². The minimum Gasteiger partial charge on any atom is -0.0853 e.